The molecule has 3 nitrogen and oxygen atoms in total. The van der Waals surface area contributed by atoms with E-state index in [0.717, 1.165) is 11.3 Å². The fraction of sp³-hybridized carbons (Fsp3) is 0.350. The Morgan fingerprint density at radius 3 is 2.13 bits per heavy atom. The monoisotopic (exact) mass is 310 g/mol. The van der Waals surface area contributed by atoms with Crippen molar-refractivity contribution in [2.75, 3.05) is 19.0 Å². The maximum atomic E-state index is 12.4. The lowest BCUT2D eigenvalue weighted by Gasteiger charge is -2.17. The molecule has 2 aromatic carbocycles. The second-order valence-corrected chi connectivity index (χ2v) is 6.46. The minimum Gasteiger partial charge on any atom is -0.378 e. The molecule has 0 bridgehead atoms. The second kappa shape index (κ2) is 7.32. The highest BCUT2D eigenvalue weighted by Crippen LogP contribution is 2.19. The Hall–Kier alpha value is -2.29. The van der Waals surface area contributed by atoms with Crippen LogP contribution in [0.4, 0.5) is 5.69 Å². The number of hydrogen-bond donors (Lipinski definition) is 1. The van der Waals surface area contributed by atoms with Crippen molar-refractivity contribution in [3.8, 4) is 0 Å². The Bertz CT molecular complexity index is 660. The molecule has 0 radical (unpaired) electrons. The smallest absolute Gasteiger partial charge is 0.251 e. The minimum absolute atomic E-state index is 0.0216. The highest BCUT2D eigenvalue weighted by atomic mass is 16.1. The summed E-state index contributed by atoms with van der Waals surface area (Å²) in [4.78, 5) is 14.4. The normalized spacial score (nSPS) is 12.1. The first-order valence-corrected chi connectivity index (χ1v) is 8.06. The fourth-order valence-electron chi connectivity index (χ4n) is 2.46. The quantitative estimate of drug-likeness (QED) is 0.889. The summed E-state index contributed by atoms with van der Waals surface area (Å²) in [5.74, 6) is 0.469. The molecule has 23 heavy (non-hydrogen) atoms. The zero-order chi connectivity index (χ0) is 17.0. The average molecular weight is 310 g/mol. The summed E-state index contributed by atoms with van der Waals surface area (Å²) in [5.41, 5.74) is 4.13. The second-order valence-electron chi connectivity index (χ2n) is 6.46. The van der Waals surface area contributed by atoms with Gasteiger partial charge in [-0.25, -0.2) is 0 Å². The molecule has 122 valence electrons. The van der Waals surface area contributed by atoms with Gasteiger partial charge in [0.2, 0.25) is 0 Å². The number of benzene rings is 2. The van der Waals surface area contributed by atoms with E-state index in [4.69, 9.17) is 0 Å². The van der Waals surface area contributed by atoms with Crippen LogP contribution in [0.15, 0.2) is 48.5 Å². The van der Waals surface area contributed by atoms with Crippen molar-refractivity contribution in [1.82, 2.24) is 5.32 Å². The third kappa shape index (κ3) is 4.35. The van der Waals surface area contributed by atoms with E-state index in [1.54, 1.807) is 0 Å². The molecule has 0 fully saturated rings. The van der Waals surface area contributed by atoms with Crippen molar-refractivity contribution in [2.24, 2.45) is 0 Å². The zero-order valence-electron chi connectivity index (χ0n) is 14.6. The summed E-state index contributed by atoms with van der Waals surface area (Å²) >= 11 is 0. The Morgan fingerprint density at radius 1 is 0.957 bits per heavy atom. The van der Waals surface area contributed by atoms with Crippen molar-refractivity contribution in [3.63, 3.8) is 0 Å². The number of nitrogens with one attached hydrogen (secondary N) is 1. The summed E-state index contributed by atoms with van der Waals surface area (Å²) in [6.07, 6.45) is 0. The van der Waals surface area contributed by atoms with Crippen molar-refractivity contribution in [2.45, 2.75) is 32.7 Å². The molecule has 0 saturated heterocycles. The van der Waals surface area contributed by atoms with Crippen LogP contribution in [0.2, 0.25) is 0 Å². The van der Waals surface area contributed by atoms with E-state index in [0.29, 0.717) is 11.5 Å². The van der Waals surface area contributed by atoms with Gasteiger partial charge in [0.1, 0.15) is 0 Å². The lowest BCUT2D eigenvalue weighted by atomic mass is 9.99. The number of rotatable bonds is 5. The molecule has 1 amide bonds. The average Bonchev–Trinajstić information content (AvgIpc) is 2.54. The Balaban J connectivity index is 2.08. The molecule has 1 atom stereocenters. The van der Waals surface area contributed by atoms with Gasteiger partial charge < -0.3 is 10.2 Å². The van der Waals surface area contributed by atoms with Crippen molar-refractivity contribution < 1.29 is 4.79 Å². The van der Waals surface area contributed by atoms with Gasteiger partial charge in [0.05, 0.1) is 6.04 Å². The van der Waals surface area contributed by atoms with Crippen molar-refractivity contribution in [1.29, 1.82) is 0 Å². The molecule has 0 aliphatic carbocycles. The van der Waals surface area contributed by atoms with Crippen LogP contribution >= 0.6 is 0 Å². The van der Waals surface area contributed by atoms with Gasteiger partial charge in [-0.05, 0) is 42.2 Å². The molecule has 2 aromatic rings. The summed E-state index contributed by atoms with van der Waals surface area (Å²) < 4.78 is 0. The summed E-state index contributed by atoms with van der Waals surface area (Å²) in [6.45, 7) is 6.37. The molecular weight excluding hydrogens is 284 g/mol. The first-order valence-electron chi connectivity index (χ1n) is 8.06. The van der Waals surface area contributed by atoms with Gasteiger partial charge in [-0.3, -0.25) is 4.79 Å². The minimum atomic E-state index is -0.0471. The summed E-state index contributed by atoms with van der Waals surface area (Å²) in [5, 5.41) is 3.07. The topological polar surface area (TPSA) is 32.3 Å². The van der Waals surface area contributed by atoms with E-state index in [-0.39, 0.29) is 11.9 Å². The van der Waals surface area contributed by atoms with Crippen molar-refractivity contribution in [3.05, 3.63) is 65.2 Å². The van der Waals surface area contributed by atoms with E-state index < -0.39 is 0 Å². The number of hydrogen-bond acceptors (Lipinski definition) is 2. The number of nitrogens with zero attached hydrogens (tertiary/aromatic N) is 1. The third-order valence-corrected chi connectivity index (χ3v) is 4.08. The van der Waals surface area contributed by atoms with E-state index in [2.05, 4.69) is 43.4 Å². The molecule has 0 heterocycles. The predicted molar refractivity (Wildman–Crippen MR) is 97.2 cm³/mol. The molecule has 0 aromatic heterocycles. The molecule has 2 rings (SSSR count). The Kier molecular flexibility index (Phi) is 5.43. The lowest BCUT2D eigenvalue weighted by Crippen LogP contribution is -2.26. The highest BCUT2D eigenvalue weighted by molar-refractivity contribution is 5.95. The fourth-order valence-corrected chi connectivity index (χ4v) is 2.46. The van der Waals surface area contributed by atoms with Crippen LogP contribution in [-0.2, 0) is 0 Å². The summed E-state index contributed by atoms with van der Waals surface area (Å²) in [7, 11) is 3.94. The maximum absolute atomic E-state index is 12.4. The third-order valence-electron chi connectivity index (χ3n) is 4.08. The Morgan fingerprint density at radius 2 is 1.57 bits per heavy atom. The maximum Gasteiger partial charge on any atom is 0.251 e. The molecule has 3 heteroatoms. The van der Waals surface area contributed by atoms with Crippen LogP contribution in [0.5, 0.6) is 0 Å². The van der Waals surface area contributed by atoms with Crippen LogP contribution in [0, 0.1) is 0 Å². The molecular formula is C20H26N2O. The molecule has 0 aliphatic rings. The zero-order valence-corrected chi connectivity index (χ0v) is 14.6. The number of anilines is 1. The van der Waals surface area contributed by atoms with Crippen LogP contribution < -0.4 is 10.2 Å². The van der Waals surface area contributed by atoms with Gasteiger partial charge in [-0.1, -0.05) is 44.2 Å². The first-order chi connectivity index (χ1) is 10.9. The predicted octanol–water partition coefficient (Wildman–Crippen LogP) is 4.37. The van der Waals surface area contributed by atoms with E-state index >= 15 is 0 Å². The lowest BCUT2D eigenvalue weighted by molar-refractivity contribution is 0.0940. The van der Waals surface area contributed by atoms with E-state index in [9.17, 15) is 4.79 Å². The van der Waals surface area contributed by atoms with Crippen LogP contribution in [0.1, 0.15) is 54.2 Å². The molecule has 0 saturated carbocycles. The van der Waals surface area contributed by atoms with Crippen molar-refractivity contribution >= 4 is 11.6 Å². The molecule has 0 spiro atoms. The van der Waals surface area contributed by atoms with Gasteiger partial charge in [-0.15, -0.1) is 0 Å². The van der Waals surface area contributed by atoms with E-state index in [1.165, 1.54) is 5.56 Å². The standard InChI is InChI=1S/C20H26N2O/c1-14(2)16-9-11-17(12-10-16)15(3)21-20(23)18-7-6-8-19(13-18)22(4)5/h6-15H,1-5H3,(H,21,23)/t15-/m1/s1. The van der Waals surface area contributed by atoms with Crippen LogP contribution in [-0.4, -0.2) is 20.0 Å². The number of amides is 1. The Labute approximate surface area is 139 Å². The van der Waals surface area contributed by atoms with Gasteiger partial charge in [0.25, 0.3) is 5.91 Å². The number of carbonyl (C=O) groups is 1. The molecule has 1 N–H and O–H groups in total. The molecule has 0 aliphatic heterocycles. The first kappa shape index (κ1) is 17.1. The largest absolute Gasteiger partial charge is 0.378 e. The van der Waals surface area contributed by atoms with Gasteiger partial charge in [0, 0.05) is 25.3 Å². The van der Waals surface area contributed by atoms with Gasteiger partial charge in [0.15, 0.2) is 0 Å². The summed E-state index contributed by atoms with van der Waals surface area (Å²) in [6, 6.07) is 16.1. The highest BCUT2D eigenvalue weighted by Gasteiger charge is 2.12. The SMILES string of the molecule is CC(C)c1ccc([C@@H](C)NC(=O)c2cccc(N(C)C)c2)cc1. The van der Waals surface area contributed by atoms with E-state index in [1.807, 2.05) is 50.2 Å². The number of carbonyl (C=O) groups excluding carboxylic acids is 1. The van der Waals surface area contributed by atoms with Gasteiger partial charge in [-0.2, -0.15) is 0 Å². The van der Waals surface area contributed by atoms with Gasteiger partial charge >= 0.3 is 0 Å². The van der Waals surface area contributed by atoms with Crippen LogP contribution in [0.3, 0.4) is 0 Å². The molecule has 0 unspecified atom stereocenters. The van der Waals surface area contributed by atoms with Crippen LogP contribution in [0.25, 0.3) is 0 Å².